The van der Waals surface area contributed by atoms with Crippen LogP contribution >= 0.6 is 0 Å². The van der Waals surface area contributed by atoms with E-state index in [-0.39, 0.29) is 10.8 Å². The van der Waals surface area contributed by atoms with Crippen LogP contribution in [0.1, 0.15) is 170 Å². The third-order valence-corrected chi connectivity index (χ3v) is 30.3. The van der Waals surface area contributed by atoms with Gasteiger partial charge in [0.05, 0.1) is 22.8 Å². The normalized spacial score (nSPS) is 13.0. The van der Waals surface area contributed by atoms with Crippen molar-refractivity contribution in [3.63, 3.8) is 0 Å². The van der Waals surface area contributed by atoms with Gasteiger partial charge in [-0.3, -0.25) is 0 Å². The van der Waals surface area contributed by atoms with Gasteiger partial charge in [0.15, 0.2) is 0 Å². The zero-order valence-electron chi connectivity index (χ0n) is 51.2. The minimum atomic E-state index is -1.93. The second kappa shape index (κ2) is 22.5. The molecule has 2 aliphatic rings. The summed E-state index contributed by atoms with van der Waals surface area (Å²) < 4.78 is 0. The Hall–Kier alpha value is -6.97. The molecule has 0 aliphatic carbocycles. The molecule has 0 saturated carbocycles. The average molecular weight is 1090 g/mol. The summed E-state index contributed by atoms with van der Waals surface area (Å²) in [6, 6.07) is 44.7. The molecule has 5 heterocycles. The van der Waals surface area contributed by atoms with Crippen LogP contribution in [0, 0.1) is 22.9 Å². The molecule has 0 radical (unpaired) electrons. The summed E-state index contributed by atoms with van der Waals surface area (Å²) in [5, 5.41) is 0. The maximum Gasteiger partial charge on any atom is 0.146 e. The van der Waals surface area contributed by atoms with Gasteiger partial charge in [-0.2, -0.15) is 0 Å². The summed E-state index contributed by atoms with van der Waals surface area (Å²) in [4.78, 5) is 19.3. The Bertz CT molecular complexity index is 3480. The highest BCUT2D eigenvalue weighted by molar-refractivity contribution is 6.91. The number of H-pyrrole nitrogens is 2. The van der Waals surface area contributed by atoms with Gasteiger partial charge in [0.2, 0.25) is 0 Å². The summed E-state index contributed by atoms with van der Waals surface area (Å²) in [5.41, 5.74) is 31.8. The monoisotopic (exact) mass is 1090 g/mol. The first-order chi connectivity index (χ1) is 37.8. The zero-order chi connectivity index (χ0) is 57.6. The molecule has 4 aromatic carbocycles. The number of rotatable bonds is 10. The molecule has 8 bridgehead atoms. The van der Waals surface area contributed by atoms with Crippen molar-refractivity contribution >= 4 is 62.5 Å². The maximum atomic E-state index is 5.65. The summed E-state index contributed by atoms with van der Waals surface area (Å²) in [5.74, 6) is 7.42. The molecule has 2 N–H and O–H groups in total. The second-order valence-corrected chi connectivity index (χ2v) is 37.8. The number of hydrogen-bond acceptors (Lipinski definition) is 2. The summed E-state index contributed by atoms with van der Waals surface area (Å²) in [7, 11) is -3.87. The molecule has 3 aromatic heterocycles. The fourth-order valence-electron chi connectivity index (χ4n) is 13.4. The molecule has 4 nitrogen and oxygen atoms in total. The van der Waals surface area contributed by atoms with Gasteiger partial charge in [-0.05, 0) is 150 Å². The predicted molar refractivity (Wildman–Crippen MR) is 354 cm³/mol. The first kappa shape index (κ1) is 57.7. The van der Waals surface area contributed by atoms with Gasteiger partial charge < -0.3 is 9.97 Å². The number of aromatic amines is 2. The highest BCUT2D eigenvalue weighted by Crippen LogP contribution is 2.44. The Kier molecular flexibility index (Phi) is 16.2. The highest BCUT2D eigenvalue weighted by Gasteiger charge is 2.43. The molecule has 2 aliphatic heterocycles. The van der Waals surface area contributed by atoms with E-state index in [1.165, 1.54) is 11.1 Å². The van der Waals surface area contributed by atoms with Crippen molar-refractivity contribution in [1.29, 1.82) is 0 Å². The van der Waals surface area contributed by atoms with E-state index in [0.29, 0.717) is 33.2 Å². The van der Waals surface area contributed by atoms with Gasteiger partial charge >= 0.3 is 0 Å². The molecule has 410 valence electrons. The zero-order valence-corrected chi connectivity index (χ0v) is 53.2. The predicted octanol–water partition coefficient (Wildman–Crippen LogP) is 21.1. The number of aromatic nitrogens is 4. The van der Waals surface area contributed by atoms with Gasteiger partial charge in [0, 0.05) is 55.4 Å². The molecule has 9 rings (SSSR count). The summed E-state index contributed by atoms with van der Waals surface area (Å²) in [6.45, 7) is 42.1. The Morgan fingerprint density at radius 1 is 0.325 bits per heavy atom. The number of nitrogens with zero attached hydrogens (tertiary/aromatic N) is 2. The second-order valence-electron chi connectivity index (χ2n) is 26.6. The van der Waals surface area contributed by atoms with E-state index in [1.807, 2.05) is 0 Å². The fourth-order valence-corrected chi connectivity index (χ4v) is 23.8. The van der Waals surface area contributed by atoms with Crippen LogP contribution in [0.3, 0.4) is 0 Å². The number of benzene rings is 4. The standard InChI is InChI=1S/C74H86N4Si2/c1-47(2)79(48(3)4,49(5)6)45-43-53-19-23-55(24-20-53)69-61-35-39-65(75-61)71(57-27-31-59(32-28-57)73(13,14)15)67-41-37-63(77-67)70(56-25-21-54(22-26-56)44-46-80(50(7)8,51(9)10)52(11)12)64-38-42-68(78-64)72(66-40-36-62(69)76-66)58-29-33-60(34-30-58)74(16,17)18/h19-42,47-52,75,78H,1-18H3. The van der Waals surface area contributed by atoms with E-state index >= 15 is 0 Å². The van der Waals surface area contributed by atoms with Crippen molar-refractivity contribution < 1.29 is 0 Å². The first-order valence-electron chi connectivity index (χ1n) is 29.5. The fraction of sp³-hybridized carbons (Fsp3) is 0.351. The molecule has 0 atom stereocenters. The number of fused-ring (bicyclic) bond motifs is 8. The van der Waals surface area contributed by atoms with E-state index in [2.05, 4.69) is 303 Å². The average Bonchev–Trinajstić information content (AvgIpc) is 4.26. The molecule has 0 fully saturated rings. The van der Waals surface area contributed by atoms with Crippen molar-refractivity contribution in [3.05, 3.63) is 166 Å². The number of nitrogens with one attached hydrogen (secondary N) is 2. The third kappa shape index (κ3) is 11.1. The smallest absolute Gasteiger partial charge is 0.146 e. The third-order valence-electron chi connectivity index (χ3n) is 17.8. The lowest BCUT2D eigenvalue weighted by atomic mass is 9.86. The Labute approximate surface area is 482 Å². The Morgan fingerprint density at radius 2 is 0.550 bits per heavy atom. The highest BCUT2D eigenvalue weighted by atomic mass is 28.3. The van der Waals surface area contributed by atoms with Crippen molar-refractivity contribution in [2.75, 3.05) is 0 Å². The van der Waals surface area contributed by atoms with Gasteiger partial charge in [0.1, 0.15) is 16.1 Å². The molecular formula is C74H86N4Si2. The van der Waals surface area contributed by atoms with E-state index < -0.39 is 16.1 Å². The van der Waals surface area contributed by atoms with Crippen LogP contribution in [0.25, 0.3) is 90.9 Å². The molecule has 0 saturated heterocycles. The summed E-state index contributed by atoms with van der Waals surface area (Å²) in [6.07, 6.45) is 8.77. The van der Waals surface area contributed by atoms with E-state index in [9.17, 15) is 0 Å². The lowest BCUT2D eigenvalue weighted by Crippen LogP contribution is -2.43. The topological polar surface area (TPSA) is 57.4 Å². The summed E-state index contributed by atoms with van der Waals surface area (Å²) >= 11 is 0. The Morgan fingerprint density at radius 3 is 0.762 bits per heavy atom. The largest absolute Gasteiger partial charge is 0.354 e. The molecule has 7 aromatic rings. The van der Waals surface area contributed by atoms with E-state index in [0.717, 1.165) is 100 Å². The van der Waals surface area contributed by atoms with E-state index in [1.54, 1.807) is 0 Å². The van der Waals surface area contributed by atoms with Crippen LogP contribution in [0.15, 0.2) is 121 Å². The quantitative estimate of drug-likeness (QED) is 0.106. The minimum absolute atomic E-state index is 0.00310. The molecule has 6 heteroatoms. The van der Waals surface area contributed by atoms with Gasteiger partial charge in [0.25, 0.3) is 0 Å². The van der Waals surface area contributed by atoms with Crippen LogP contribution in [-0.4, -0.2) is 36.1 Å². The Balaban J connectivity index is 1.34. The minimum Gasteiger partial charge on any atom is -0.354 e. The SMILES string of the molecule is CC(C)[Si](C#Cc1ccc(-c2c3nc(c(-c4ccc(C(C)(C)C)cc4)c4ccc([nH]4)c(-c4ccc(C#C[Si](C(C)C)(C(C)C)C(C)C)cc4)c4nc(c(-c5ccc(C(C)(C)C)cc5)c5ccc2[nH]5)C=C4)C=C3)cc1)(C(C)C)C(C)C. The van der Waals surface area contributed by atoms with Crippen LogP contribution in [-0.2, 0) is 10.8 Å². The van der Waals surface area contributed by atoms with Crippen molar-refractivity contribution in [3.8, 4) is 67.4 Å². The number of hydrogen-bond donors (Lipinski definition) is 2. The first-order valence-corrected chi connectivity index (χ1v) is 33.9. The molecular weight excluding hydrogens is 1000 g/mol. The van der Waals surface area contributed by atoms with E-state index in [4.69, 9.17) is 9.97 Å². The lowest BCUT2D eigenvalue weighted by molar-refractivity contribution is 0.590. The lowest BCUT2D eigenvalue weighted by Gasteiger charge is -2.38. The van der Waals surface area contributed by atoms with Crippen LogP contribution in [0.4, 0.5) is 0 Å². The molecule has 0 unspecified atom stereocenters. The van der Waals surface area contributed by atoms with Gasteiger partial charge in [-0.1, -0.05) is 209 Å². The van der Waals surface area contributed by atoms with Crippen LogP contribution in [0.5, 0.6) is 0 Å². The van der Waals surface area contributed by atoms with Crippen molar-refractivity contribution in [2.24, 2.45) is 0 Å². The molecule has 80 heavy (non-hydrogen) atoms. The van der Waals surface area contributed by atoms with Gasteiger partial charge in [-0.15, -0.1) is 11.1 Å². The van der Waals surface area contributed by atoms with Crippen molar-refractivity contribution in [1.82, 2.24) is 19.9 Å². The van der Waals surface area contributed by atoms with Crippen molar-refractivity contribution in [2.45, 2.75) is 169 Å². The maximum absolute atomic E-state index is 5.65. The van der Waals surface area contributed by atoms with Crippen LogP contribution < -0.4 is 0 Å². The van der Waals surface area contributed by atoms with Gasteiger partial charge in [-0.25, -0.2) is 9.97 Å². The molecule has 0 amide bonds. The molecule has 0 spiro atoms. The van der Waals surface area contributed by atoms with Crippen LogP contribution in [0.2, 0.25) is 33.2 Å².